The number of hydrogen-bond donors (Lipinski definition) is 2. The van der Waals surface area contributed by atoms with Crippen LogP contribution in [0.3, 0.4) is 0 Å². The third-order valence-corrected chi connectivity index (χ3v) is 3.06. The zero-order valence-electron chi connectivity index (χ0n) is 11.9. The topological polar surface area (TPSA) is 55.1 Å². The Morgan fingerprint density at radius 2 is 2.05 bits per heavy atom. The first-order valence-corrected chi connectivity index (χ1v) is 6.32. The number of carbonyl (C=O) groups is 1. The second kappa shape index (κ2) is 7.55. The van der Waals surface area contributed by atoms with Crippen LogP contribution in [0, 0.1) is 11.6 Å². The van der Waals surface area contributed by atoms with Gasteiger partial charge in [-0.15, -0.1) is 12.4 Å². The summed E-state index contributed by atoms with van der Waals surface area (Å²) < 4.78 is 26.4. The van der Waals surface area contributed by atoms with Gasteiger partial charge in [0.05, 0.1) is 11.6 Å². The number of amides is 1. The van der Waals surface area contributed by atoms with Crippen LogP contribution in [0.15, 0.2) is 18.2 Å². The standard InChI is InChI=1S/C14H20F2N2O.ClH/c1-4-7-14(3,17)13(19)18-9(2)11-6-5-10(15)8-12(11)16;/h5-6,8-9H,4,7,17H2,1-3H3,(H,18,19);1H. The average molecular weight is 307 g/mol. The summed E-state index contributed by atoms with van der Waals surface area (Å²) in [4.78, 5) is 12.0. The normalized spacial score (nSPS) is 14.9. The van der Waals surface area contributed by atoms with Crippen molar-refractivity contribution in [1.29, 1.82) is 0 Å². The molecular formula is C14H21ClF2N2O. The molecule has 2 unspecified atom stereocenters. The van der Waals surface area contributed by atoms with E-state index in [1.54, 1.807) is 13.8 Å². The van der Waals surface area contributed by atoms with E-state index in [0.717, 1.165) is 18.6 Å². The molecule has 0 spiro atoms. The van der Waals surface area contributed by atoms with Crippen molar-refractivity contribution in [3.05, 3.63) is 35.4 Å². The third kappa shape index (κ3) is 4.72. The molecule has 0 heterocycles. The lowest BCUT2D eigenvalue weighted by Gasteiger charge is -2.25. The fourth-order valence-electron chi connectivity index (χ4n) is 1.92. The van der Waals surface area contributed by atoms with Crippen LogP contribution >= 0.6 is 12.4 Å². The van der Waals surface area contributed by atoms with Gasteiger partial charge in [0, 0.05) is 11.6 Å². The van der Waals surface area contributed by atoms with Crippen LogP contribution in [0.5, 0.6) is 0 Å². The second-order valence-electron chi connectivity index (χ2n) is 5.03. The Kier molecular flexibility index (Phi) is 7.09. The van der Waals surface area contributed by atoms with E-state index < -0.39 is 23.2 Å². The van der Waals surface area contributed by atoms with Crippen LogP contribution < -0.4 is 11.1 Å². The lowest BCUT2D eigenvalue weighted by atomic mass is 9.95. The summed E-state index contributed by atoms with van der Waals surface area (Å²) in [7, 11) is 0. The molecule has 0 bridgehead atoms. The maximum atomic E-state index is 13.6. The summed E-state index contributed by atoms with van der Waals surface area (Å²) in [5.74, 6) is -1.66. The predicted molar refractivity (Wildman–Crippen MR) is 77.7 cm³/mol. The summed E-state index contributed by atoms with van der Waals surface area (Å²) in [6.45, 7) is 5.21. The molecule has 0 aromatic heterocycles. The van der Waals surface area contributed by atoms with Gasteiger partial charge in [0.1, 0.15) is 11.6 Å². The van der Waals surface area contributed by atoms with Crippen LogP contribution in [-0.4, -0.2) is 11.4 Å². The van der Waals surface area contributed by atoms with Crippen LogP contribution in [0.4, 0.5) is 8.78 Å². The van der Waals surface area contributed by atoms with E-state index in [0.29, 0.717) is 6.42 Å². The molecule has 0 saturated heterocycles. The zero-order chi connectivity index (χ0) is 14.6. The second-order valence-corrected chi connectivity index (χ2v) is 5.03. The highest BCUT2D eigenvalue weighted by atomic mass is 35.5. The Hall–Kier alpha value is -1.20. The van der Waals surface area contributed by atoms with Crippen LogP contribution in [0.1, 0.15) is 45.2 Å². The van der Waals surface area contributed by atoms with E-state index in [-0.39, 0.29) is 23.9 Å². The van der Waals surface area contributed by atoms with E-state index in [1.807, 2.05) is 6.92 Å². The Balaban J connectivity index is 0.00000361. The zero-order valence-corrected chi connectivity index (χ0v) is 12.7. The van der Waals surface area contributed by atoms with Gasteiger partial charge < -0.3 is 11.1 Å². The molecule has 0 saturated carbocycles. The Morgan fingerprint density at radius 1 is 1.45 bits per heavy atom. The number of nitrogens with one attached hydrogen (secondary N) is 1. The van der Waals surface area contributed by atoms with Crippen molar-refractivity contribution in [3.8, 4) is 0 Å². The molecule has 3 N–H and O–H groups in total. The van der Waals surface area contributed by atoms with E-state index in [4.69, 9.17) is 5.73 Å². The largest absolute Gasteiger partial charge is 0.348 e. The molecule has 0 fully saturated rings. The fraction of sp³-hybridized carbons (Fsp3) is 0.500. The summed E-state index contributed by atoms with van der Waals surface area (Å²) in [5, 5.41) is 2.66. The molecule has 114 valence electrons. The fourth-order valence-corrected chi connectivity index (χ4v) is 1.92. The van der Waals surface area contributed by atoms with Crippen molar-refractivity contribution < 1.29 is 13.6 Å². The van der Waals surface area contributed by atoms with Crippen LogP contribution in [-0.2, 0) is 4.79 Å². The quantitative estimate of drug-likeness (QED) is 0.878. The van der Waals surface area contributed by atoms with Crippen molar-refractivity contribution in [2.45, 2.75) is 45.2 Å². The predicted octanol–water partition coefficient (Wildman–Crippen LogP) is 3.08. The SMILES string of the molecule is CCCC(C)(N)C(=O)NC(C)c1ccc(F)cc1F.Cl. The van der Waals surface area contributed by atoms with Gasteiger partial charge in [-0.25, -0.2) is 8.78 Å². The summed E-state index contributed by atoms with van der Waals surface area (Å²) >= 11 is 0. The smallest absolute Gasteiger partial charge is 0.240 e. The Morgan fingerprint density at radius 3 is 2.55 bits per heavy atom. The minimum atomic E-state index is -0.987. The molecule has 1 rings (SSSR count). The monoisotopic (exact) mass is 306 g/mol. The minimum absolute atomic E-state index is 0. The lowest BCUT2D eigenvalue weighted by molar-refractivity contribution is -0.126. The molecule has 1 aromatic carbocycles. The van der Waals surface area contributed by atoms with Gasteiger partial charge in [0.15, 0.2) is 0 Å². The van der Waals surface area contributed by atoms with Crippen LogP contribution in [0.2, 0.25) is 0 Å². The maximum absolute atomic E-state index is 13.6. The highest BCUT2D eigenvalue weighted by Crippen LogP contribution is 2.19. The first-order valence-electron chi connectivity index (χ1n) is 6.32. The van der Waals surface area contributed by atoms with Gasteiger partial charge >= 0.3 is 0 Å². The number of nitrogens with two attached hydrogens (primary N) is 1. The first-order chi connectivity index (χ1) is 8.77. The van der Waals surface area contributed by atoms with Crippen molar-refractivity contribution >= 4 is 18.3 Å². The van der Waals surface area contributed by atoms with Gasteiger partial charge in [-0.1, -0.05) is 19.4 Å². The number of carbonyl (C=O) groups excluding carboxylic acids is 1. The number of rotatable bonds is 5. The molecule has 3 nitrogen and oxygen atoms in total. The summed E-state index contributed by atoms with van der Waals surface area (Å²) in [5.41, 5.74) is 5.14. The highest BCUT2D eigenvalue weighted by Gasteiger charge is 2.28. The van der Waals surface area contributed by atoms with E-state index in [2.05, 4.69) is 5.32 Å². The van der Waals surface area contributed by atoms with E-state index >= 15 is 0 Å². The van der Waals surface area contributed by atoms with Crippen molar-refractivity contribution in [2.24, 2.45) is 5.73 Å². The summed E-state index contributed by atoms with van der Waals surface area (Å²) in [6.07, 6.45) is 1.32. The van der Waals surface area contributed by atoms with Crippen molar-refractivity contribution in [2.75, 3.05) is 0 Å². The molecule has 6 heteroatoms. The van der Waals surface area contributed by atoms with Crippen LogP contribution in [0.25, 0.3) is 0 Å². The Bertz CT molecular complexity index is 466. The molecule has 1 aromatic rings. The maximum Gasteiger partial charge on any atom is 0.240 e. The average Bonchev–Trinajstić information content (AvgIpc) is 2.28. The minimum Gasteiger partial charge on any atom is -0.348 e. The Labute approximate surface area is 124 Å². The third-order valence-electron chi connectivity index (χ3n) is 3.06. The number of halogens is 3. The molecule has 20 heavy (non-hydrogen) atoms. The van der Waals surface area contributed by atoms with Gasteiger partial charge in [-0.3, -0.25) is 4.79 Å². The molecule has 0 aliphatic heterocycles. The number of hydrogen-bond acceptors (Lipinski definition) is 2. The van der Waals surface area contributed by atoms with Gasteiger partial charge in [-0.05, 0) is 26.3 Å². The molecule has 0 radical (unpaired) electrons. The van der Waals surface area contributed by atoms with Crippen molar-refractivity contribution in [3.63, 3.8) is 0 Å². The summed E-state index contributed by atoms with van der Waals surface area (Å²) in [6, 6.07) is 2.72. The van der Waals surface area contributed by atoms with Gasteiger partial charge in [-0.2, -0.15) is 0 Å². The highest BCUT2D eigenvalue weighted by molar-refractivity contribution is 5.86. The lowest BCUT2D eigenvalue weighted by Crippen LogP contribution is -2.52. The molecule has 1 amide bonds. The molecular weight excluding hydrogens is 286 g/mol. The molecule has 0 aliphatic rings. The first kappa shape index (κ1) is 18.8. The van der Waals surface area contributed by atoms with Gasteiger partial charge in [0.2, 0.25) is 5.91 Å². The van der Waals surface area contributed by atoms with Gasteiger partial charge in [0.25, 0.3) is 0 Å². The molecule has 2 atom stereocenters. The van der Waals surface area contributed by atoms with E-state index in [9.17, 15) is 13.6 Å². The van der Waals surface area contributed by atoms with Crippen molar-refractivity contribution in [1.82, 2.24) is 5.32 Å². The number of benzene rings is 1. The van der Waals surface area contributed by atoms with E-state index in [1.165, 1.54) is 6.07 Å². The molecule has 0 aliphatic carbocycles.